The number of guanidine groups is 1. The Hall–Kier alpha value is -1.59. The van der Waals surface area contributed by atoms with E-state index in [1.54, 1.807) is 18.4 Å². The summed E-state index contributed by atoms with van der Waals surface area (Å²) in [5.74, 6) is 0.803. The molecule has 1 heterocycles. The fourth-order valence-electron chi connectivity index (χ4n) is 1.86. The van der Waals surface area contributed by atoms with E-state index in [4.69, 9.17) is 11.6 Å². The molecule has 0 aliphatic rings. The minimum Gasteiger partial charge on any atom is -0.356 e. The molecule has 0 saturated carbocycles. The zero-order valence-electron chi connectivity index (χ0n) is 12.2. The van der Waals surface area contributed by atoms with Gasteiger partial charge in [0, 0.05) is 23.5 Å². The molecule has 0 radical (unpaired) electrons. The number of hydrogen-bond donors (Lipinski definition) is 2. The van der Waals surface area contributed by atoms with Gasteiger partial charge in [0.25, 0.3) is 0 Å². The summed E-state index contributed by atoms with van der Waals surface area (Å²) in [5, 5.41) is 7.37. The maximum absolute atomic E-state index is 5.87. The number of benzene rings is 1. The van der Waals surface area contributed by atoms with E-state index in [2.05, 4.69) is 20.6 Å². The second kappa shape index (κ2) is 8.00. The summed E-state index contributed by atoms with van der Waals surface area (Å²) in [7, 11) is 1.77. The van der Waals surface area contributed by atoms with E-state index in [1.807, 2.05) is 36.7 Å². The Balaban J connectivity index is 1.75. The van der Waals surface area contributed by atoms with Crippen LogP contribution in [0.1, 0.15) is 16.1 Å². The van der Waals surface area contributed by atoms with E-state index in [0.717, 1.165) is 36.2 Å². The van der Waals surface area contributed by atoms with Crippen LogP contribution in [0.4, 0.5) is 0 Å². The molecule has 1 aromatic carbocycles. The summed E-state index contributed by atoms with van der Waals surface area (Å²) in [6.07, 6.45) is 0.928. The molecule has 4 nitrogen and oxygen atoms in total. The fraction of sp³-hybridized carbons (Fsp3) is 0.333. The molecule has 2 N–H and O–H groups in total. The Bertz CT molecular complexity index is 592. The van der Waals surface area contributed by atoms with Crippen molar-refractivity contribution in [1.82, 2.24) is 15.6 Å². The Kier molecular flexibility index (Phi) is 6.02. The summed E-state index contributed by atoms with van der Waals surface area (Å²) in [5.41, 5.74) is 4.19. The highest BCUT2D eigenvalue weighted by atomic mass is 35.5. The van der Waals surface area contributed by atoms with Crippen LogP contribution in [0, 0.1) is 6.92 Å². The monoisotopic (exact) mass is 322 g/mol. The van der Waals surface area contributed by atoms with Crippen LogP contribution in [0.25, 0.3) is 0 Å². The lowest BCUT2D eigenvalue weighted by Crippen LogP contribution is -2.37. The molecule has 0 amide bonds. The molecular formula is C15H19ClN4S. The average molecular weight is 323 g/mol. The first-order valence-corrected chi connectivity index (χ1v) is 8.02. The van der Waals surface area contributed by atoms with Gasteiger partial charge in [-0.1, -0.05) is 23.7 Å². The maximum atomic E-state index is 5.87. The van der Waals surface area contributed by atoms with Crippen LogP contribution >= 0.6 is 22.9 Å². The summed E-state index contributed by atoms with van der Waals surface area (Å²) in [4.78, 5) is 9.69. The number of aryl methyl sites for hydroxylation is 1. The van der Waals surface area contributed by atoms with Gasteiger partial charge in [-0.15, -0.1) is 11.3 Å². The molecule has 2 aromatic rings. The molecule has 6 heteroatoms. The lowest BCUT2D eigenvalue weighted by molar-refractivity contribution is 0.796. The Morgan fingerprint density at radius 2 is 2.05 bits per heavy atom. The second-order valence-corrected chi connectivity index (χ2v) is 5.97. The zero-order chi connectivity index (χ0) is 15.1. The van der Waals surface area contributed by atoms with Crippen LogP contribution in [-0.2, 0) is 13.0 Å². The van der Waals surface area contributed by atoms with E-state index in [1.165, 1.54) is 10.4 Å². The van der Waals surface area contributed by atoms with Crippen molar-refractivity contribution in [3.63, 3.8) is 0 Å². The highest BCUT2D eigenvalue weighted by Crippen LogP contribution is 2.11. The van der Waals surface area contributed by atoms with E-state index >= 15 is 0 Å². The minimum atomic E-state index is 0.747. The summed E-state index contributed by atoms with van der Waals surface area (Å²) in [6, 6.07) is 7.91. The highest BCUT2D eigenvalue weighted by molar-refractivity contribution is 7.09. The molecule has 0 spiro atoms. The number of nitrogens with one attached hydrogen (secondary N) is 2. The van der Waals surface area contributed by atoms with Crippen LogP contribution < -0.4 is 10.6 Å². The number of rotatable bonds is 5. The van der Waals surface area contributed by atoms with Crippen molar-refractivity contribution < 1.29 is 0 Å². The van der Waals surface area contributed by atoms with Gasteiger partial charge in [0.15, 0.2) is 5.96 Å². The molecule has 0 aliphatic carbocycles. The van der Waals surface area contributed by atoms with Crippen molar-refractivity contribution in [1.29, 1.82) is 0 Å². The number of nitrogens with zero attached hydrogens (tertiary/aromatic N) is 2. The van der Waals surface area contributed by atoms with Crippen molar-refractivity contribution in [2.24, 2.45) is 4.99 Å². The van der Waals surface area contributed by atoms with Crippen LogP contribution in [0.5, 0.6) is 0 Å². The number of thiazole rings is 1. The van der Waals surface area contributed by atoms with Gasteiger partial charge < -0.3 is 10.6 Å². The predicted molar refractivity (Wildman–Crippen MR) is 90.2 cm³/mol. The average Bonchev–Trinajstić information content (AvgIpc) is 2.90. The fourth-order valence-corrected chi connectivity index (χ4v) is 2.70. The third-order valence-corrected chi connectivity index (χ3v) is 4.29. The van der Waals surface area contributed by atoms with Crippen LogP contribution in [-0.4, -0.2) is 24.5 Å². The largest absolute Gasteiger partial charge is 0.356 e. The van der Waals surface area contributed by atoms with E-state index in [0.29, 0.717) is 0 Å². The highest BCUT2D eigenvalue weighted by Gasteiger charge is 2.03. The van der Waals surface area contributed by atoms with Crippen molar-refractivity contribution in [3.05, 3.63) is 50.9 Å². The molecule has 0 fully saturated rings. The molecular weight excluding hydrogens is 304 g/mol. The molecule has 0 unspecified atom stereocenters. The first kappa shape index (κ1) is 15.8. The smallest absolute Gasteiger partial charge is 0.191 e. The normalized spacial score (nSPS) is 11.5. The van der Waals surface area contributed by atoms with Gasteiger partial charge in [-0.3, -0.25) is 4.99 Å². The van der Waals surface area contributed by atoms with Crippen molar-refractivity contribution in [2.45, 2.75) is 19.9 Å². The minimum absolute atomic E-state index is 0.747. The van der Waals surface area contributed by atoms with Gasteiger partial charge in [0.05, 0.1) is 17.7 Å². The third-order valence-electron chi connectivity index (χ3n) is 3.10. The lowest BCUT2D eigenvalue weighted by atomic mass is 10.1. The summed E-state index contributed by atoms with van der Waals surface area (Å²) in [6.45, 7) is 3.59. The van der Waals surface area contributed by atoms with Crippen molar-refractivity contribution in [2.75, 3.05) is 13.6 Å². The SMILES string of the molecule is CN=C(NCCc1ccc(Cl)cc1)NCc1scnc1C. The zero-order valence-corrected chi connectivity index (χ0v) is 13.8. The van der Waals surface area contributed by atoms with Gasteiger partial charge >= 0.3 is 0 Å². The first-order chi connectivity index (χ1) is 10.2. The Morgan fingerprint density at radius 3 is 2.67 bits per heavy atom. The molecule has 1 aromatic heterocycles. The van der Waals surface area contributed by atoms with Crippen LogP contribution in [0.3, 0.4) is 0 Å². The Morgan fingerprint density at radius 1 is 1.29 bits per heavy atom. The predicted octanol–water partition coefficient (Wildman–Crippen LogP) is 3.01. The number of aliphatic imine (C=N–C) groups is 1. The summed E-state index contributed by atoms with van der Waals surface area (Å²) < 4.78 is 0. The van der Waals surface area contributed by atoms with E-state index < -0.39 is 0 Å². The van der Waals surface area contributed by atoms with Crippen LogP contribution in [0.15, 0.2) is 34.8 Å². The van der Waals surface area contributed by atoms with E-state index in [9.17, 15) is 0 Å². The van der Waals surface area contributed by atoms with Gasteiger partial charge in [-0.05, 0) is 31.0 Å². The van der Waals surface area contributed by atoms with Gasteiger partial charge in [0.1, 0.15) is 0 Å². The lowest BCUT2D eigenvalue weighted by Gasteiger charge is -2.11. The molecule has 0 bridgehead atoms. The van der Waals surface area contributed by atoms with Crippen molar-refractivity contribution in [3.8, 4) is 0 Å². The van der Waals surface area contributed by atoms with Crippen molar-refractivity contribution >= 4 is 28.9 Å². The van der Waals surface area contributed by atoms with Gasteiger partial charge in [-0.25, -0.2) is 4.98 Å². The molecule has 112 valence electrons. The molecule has 2 rings (SSSR count). The number of hydrogen-bond acceptors (Lipinski definition) is 3. The van der Waals surface area contributed by atoms with E-state index in [-0.39, 0.29) is 0 Å². The quantitative estimate of drug-likeness (QED) is 0.657. The molecule has 0 atom stereocenters. The number of aromatic nitrogens is 1. The molecule has 0 saturated heterocycles. The van der Waals surface area contributed by atoms with Gasteiger partial charge in [0.2, 0.25) is 0 Å². The standard InChI is InChI=1S/C15H19ClN4S/c1-11-14(21-10-20-11)9-19-15(17-2)18-8-7-12-3-5-13(16)6-4-12/h3-6,10H,7-9H2,1-2H3,(H2,17,18,19). The van der Waals surface area contributed by atoms with Crippen LogP contribution in [0.2, 0.25) is 5.02 Å². The molecule has 0 aliphatic heterocycles. The third kappa shape index (κ3) is 5.02. The Labute approximate surface area is 134 Å². The van der Waals surface area contributed by atoms with Gasteiger partial charge in [-0.2, -0.15) is 0 Å². The first-order valence-electron chi connectivity index (χ1n) is 6.77. The molecule has 21 heavy (non-hydrogen) atoms. The number of halogens is 1. The topological polar surface area (TPSA) is 49.3 Å². The maximum Gasteiger partial charge on any atom is 0.191 e. The summed E-state index contributed by atoms with van der Waals surface area (Å²) >= 11 is 7.53. The second-order valence-electron chi connectivity index (χ2n) is 4.59.